The fraction of sp³-hybridized carbons (Fsp3) is 0.632. The Bertz CT molecular complexity index is 709. The van der Waals surface area contributed by atoms with Gasteiger partial charge >= 0.3 is 0 Å². The van der Waals surface area contributed by atoms with E-state index in [0.29, 0.717) is 24.6 Å². The number of aromatic nitrogens is 1. The van der Waals surface area contributed by atoms with Crippen molar-refractivity contribution in [2.45, 2.75) is 25.4 Å². The number of hydrogen-bond donors (Lipinski definition) is 0. The van der Waals surface area contributed by atoms with E-state index in [1.165, 1.54) is 4.90 Å². The van der Waals surface area contributed by atoms with Gasteiger partial charge in [-0.1, -0.05) is 0 Å². The van der Waals surface area contributed by atoms with Gasteiger partial charge in [0, 0.05) is 52.0 Å². The highest BCUT2D eigenvalue weighted by molar-refractivity contribution is 5.86. The van der Waals surface area contributed by atoms with Crippen LogP contribution in [0.25, 0.3) is 0 Å². The number of carbonyl (C=O) groups is 2. The molecule has 2 amide bonds. The Kier molecular flexibility index (Phi) is 5.84. The lowest BCUT2D eigenvalue weighted by atomic mass is 9.94. The molecule has 8 nitrogen and oxygen atoms in total. The van der Waals surface area contributed by atoms with Gasteiger partial charge in [0.2, 0.25) is 11.8 Å². The highest BCUT2D eigenvalue weighted by Crippen LogP contribution is 2.33. The van der Waals surface area contributed by atoms with Gasteiger partial charge in [0.1, 0.15) is 12.2 Å². The van der Waals surface area contributed by atoms with Crippen LogP contribution >= 0.6 is 0 Å². The Morgan fingerprint density at radius 1 is 1.26 bits per heavy atom. The Labute approximate surface area is 160 Å². The molecule has 0 unspecified atom stereocenters. The zero-order valence-electron chi connectivity index (χ0n) is 16.5. The summed E-state index contributed by atoms with van der Waals surface area (Å²) in [5.74, 6) is 1.25. The number of ether oxygens (including phenoxy) is 2. The predicted molar refractivity (Wildman–Crippen MR) is 99.5 cm³/mol. The van der Waals surface area contributed by atoms with E-state index in [0.717, 1.165) is 25.1 Å². The van der Waals surface area contributed by atoms with Crippen LogP contribution in [-0.2, 0) is 16.1 Å². The zero-order chi connectivity index (χ0) is 19.6. The maximum absolute atomic E-state index is 12.9. The molecule has 27 heavy (non-hydrogen) atoms. The van der Waals surface area contributed by atoms with Crippen molar-refractivity contribution >= 4 is 11.8 Å². The third-order valence-corrected chi connectivity index (χ3v) is 5.41. The van der Waals surface area contributed by atoms with Crippen molar-refractivity contribution in [3.63, 3.8) is 0 Å². The molecule has 4 heterocycles. The summed E-state index contributed by atoms with van der Waals surface area (Å²) in [7, 11) is 6.64. The Morgan fingerprint density at radius 2 is 2.04 bits per heavy atom. The monoisotopic (exact) mass is 376 g/mol. The summed E-state index contributed by atoms with van der Waals surface area (Å²) in [5, 5.41) is 0. The van der Waals surface area contributed by atoms with E-state index < -0.39 is 0 Å². The second-order valence-corrected chi connectivity index (χ2v) is 7.37. The molecule has 8 heteroatoms. The van der Waals surface area contributed by atoms with Gasteiger partial charge in [-0.2, -0.15) is 0 Å². The van der Waals surface area contributed by atoms with E-state index in [-0.39, 0.29) is 30.3 Å². The quantitative estimate of drug-likeness (QED) is 0.724. The van der Waals surface area contributed by atoms with Crippen LogP contribution in [0.15, 0.2) is 12.3 Å². The van der Waals surface area contributed by atoms with E-state index in [9.17, 15) is 9.59 Å². The first-order valence-electron chi connectivity index (χ1n) is 9.23. The minimum absolute atomic E-state index is 0.0430. The summed E-state index contributed by atoms with van der Waals surface area (Å²) in [5.41, 5.74) is 0.793. The van der Waals surface area contributed by atoms with Crippen molar-refractivity contribution in [3.05, 3.63) is 18.0 Å². The molecule has 0 N–H and O–H groups in total. The smallest absolute Gasteiger partial charge is 0.241 e. The van der Waals surface area contributed by atoms with Crippen LogP contribution in [0.1, 0.15) is 18.5 Å². The predicted octanol–water partition coefficient (Wildman–Crippen LogP) is 0.610. The van der Waals surface area contributed by atoms with Gasteiger partial charge in [-0.3, -0.25) is 19.5 Å². The van der Waals surface area contributed by atoms with Gasteiger partial charge in [0.15, 0.2) is 11.5 Å². The van der Waals surface area contributed by atoms with Crippen molar-refractivity contribution in [1.29, 1.82) is 0 Å². The van der Waals surface area contributed by atoms with Gasteiger partial charge in [0.25, 0.3) is 0 Å². The number of carbonyl (C=O) groups excluding carboxylic acids is 2. The average Bonchev–Trinajstić information content (AvgIpc) is 2.92. The highest BCUT2D eigenvalue weighted by atomic mass is 16.5. The number of nitrogens with zero attached hydrogens (tertiary/aromatic N) is 4. The lowest BCUT2D eigenvalue weighted by Crippen LogP contribution is -2.51. The Balaban J connectivity index is 1.77. The van der Waals surface area contributed by atoms with Crippen molar-refractivity contribution in [3.8, 4) is 11.5 Å². The third kappa shape index (κ3) is 4.00. The van der Waals surface area contributed by atoms with Gasteiger partial charge < -0.3 is 19.3 Å². The van der Waals surface area contributed by atoms with Gasteiger partial charge in [-0.05, 0) is 12.8 Å². The molecule has 3 aliphatic rings. The normalized spacial score (nSPS) is 22.5. The molecule has 1 aromatic heterocycles. The van der Waals surface area contributed by atoms with Gasteiger partial charge in [-0.25, -0.2) is 0 Å². The Morgan fingerprint density at radius 3 is 2.70 bits per heavy atom. The van der Waals surface area contributed by atoms with Crippen LogP contribution in [0, 0.1) is 5.92 Å². The van der Waals surface area contributed by atoms with Crippen LogP contribution in [0.2, 0.25) is 0 Å². The highest BCUT2D eigenvalue weighted by Gasteiger charge is 2.41. The fourth-order valence-electron chi connectivity index (χ4n) is 3.93. The average molecular weight is 376 g/mol. The molecule has 0 aromatic carbocycles. The first-order valence-corrected chi connectivity index (χ1v) is 9.23. The largest absolute Gasteiger partial charge is 0.493 e. The second-order valence-electron chi connectivity index (χ2n) is 7.37. The van der Waals surface area contributed by atoms with Crippen molar-refractivity contribution in [1.82, 2.24) is 19.7 Å². The molecule has 0 aliphatic carbocycles. The molecule has 0 saturated carbocycles. The number of amides is 2. The number of methoxy groups -OCH3 is 2. The molecule has 148 valence electrons. The summed E-state index contributed by atoms with van der Waals surface area (Å²) in [6.45, 7) is 2.13. The first-order chi connectivity index (χ1) is 12.9. The number of pyridine rings is 1. The van der Waals surface area contributed by atoms with E-state index in [1.807, 2.05) is 0 Å². The molecule has 0 spiro atoms. The van der Waals surface area contributed by atoms with Crippen molar-refractivity contribution < 1.29 is 19.1 Å². The van der Waals surface area contributed by atoms with Crippen LogP contribution in [0.3, 0.4) is 0 Å². The van der Waals surface area contributed by atoms with E-state index in [1.54, 1.807) is 45.5 Å². The van der Waals surface area contributed by atoms with Crippen molar-refractivity contribution in [2.24, 2.45) is 5.92 Å². The number of hydrogen-bond acceptors (Lipinski definition) is 6. The minimum atomic E-state index is -0.0738. The zero-order valence-corrected chi connectivity index (χ0v) is 16.5. The van der Waals surface area contributed by atoms with Crippen LogP contribution in [-0.4, -0.2) is 85.5 Å². The Hall–Kier alpha value is -2.35. The molecule has 1 aromatic rings. The molecule has 3 aliphatic heterocycles. The van der Waals surface area contributed by atoms with Crippen molar-refractivity contribution in [2.75, 3.05) is 47.9 Å². The van der Waals surface area contributed by atoms with E-state index >= 15 is 0 Å². The molecule has 3 saturated heterocycles. The van der Waals surface area contributed by atoms with Crippen LogP contribution < -0.4 is 9.47 Å². The van der Waals surface area contributed by atoms with Gasteiger partial charge in [0.05, 0.1) is 20.1 Å². The standard InChI is InChI=1S/C19H28N4O4/c1-21(2)17(24)12-23-14-6-5-13(19(23)25)9-22(10-14)11-15-18(27-4)16(26-3)7-8-20-15/h7-8,13-14H,5-6,9-12H2,1-4H3/t13-,14+/m1/s1. The molecule has 4 rings (SSSR count). The van der Waals surface area contributed by atoms with Gasteiger partial charge in [-0.15, -0.1) is 0 Å². The van der Waals surface area contributed by atoms with E-state index in [2.05, 4.69) is 9.88 Å². The maximum Gasteiger partial charge on any atom is 0.241 e. The number of likely N-dealkylation sites (N-methyl/N-ethyl adjacent to an activating group) is 1. The number of fused-ring (bicyclic) bond motifs is 4. The fourth-order valence-corrected chi connectivity index (χ4v) is 3.93. The topological polar surface area (TPSA) is 75.2 Å². The van der Waals surface area contributed by atoms with Crippen LogP contribution in [0.5, 0.6) is 11.5 Å². The lowest BCUT2D eigenvalue weighted by Gasteiger charge is -2.36. The summed E-state index contributed by atoms with van der Waals surface area (Å²) < 4.78 is 10.8. The molecule has 2 bridgehead atoms. The lowest BCUT2D eigenvalue weighted by molar-refractivity contribution is -0.145. The molecular formula is C19H28N4O4. The minimum Gasteiger partial charge on any atom is -0.493 e. The SMILES string of the molecule is COc1ccnc(CN2C[C@H]3CC[C@@H](C2)N(CC(=O)N(C)C)C3=O)c1OC. The molecule has 2 atom stereocenters. The summed E-state index contributed by atoms with van der Waals surface area (Å²) >= 11 is 0. The number of piperidine rings is 1. The maximum atomic E-state index is 12.9. The van der Waals surface area contributed by atoms with Crippen LogP contribution in [0.4, 0.5) is 0 Å². The summed E-state index contributed by atoms with van der Waals surface area (Å²) in [6, 6.07) is 1.82. The molecule has 3 fully saturated rings. The summed E-state index contributed by atoms with van der Waals surface area (Å²) in [4.78, 5) is 35.0. The first kappa shape index (κ1) is 19.4. The second kappa shape index (κ2) is 8.12. The molecule has 0 radical (unpaired) electrons. The molecular weight excluding hydrogens is 348 g/mol. The summed E-state index contributed by atoms with van der Waals surface area (Å²) in [6.07, 6.45) is 3.50. The van der Waals surface area contributed by atoms with E-state index in [4.69, 9.17) is 9.47 Å². The third-order valence-electron chi connectivity index (χ3n) is 5.41. The number of rotatable bonds is 6.